The number of amides is 1. The number of furan rings is 1. The van der Waals surface area contributed by atoms with Crippen molar-refractivity contribution in [2.24, 2.45) is 0 Å². The van der Waals surface area contributed by atoms with Crippen LogP contribution in [0.25, 0.3) is 0 Å². The fourth-order valence-corrected chi connectivity index (χ4v) is 2.12. The van der Waals surface area contributed by atoms with Gasteiger partial charge in [-0.25, -0.2) is 0 Å². The van der Waals surface area contributed by atoms with Crippen molar-refractivity contribution >= 4 is 17.5 Å². The highest BCUT2D eigenvalue weighted by Gasteiger charge is 2.16. The monoisotopic (exact) mass is 317 g/mol. The summed E-state index contributed by atoms with van der Waals surface area (Å²) < 4.78 is 4.84. The van der Waals surface area contributed by atoms with Crippen molar-refractivity contribution in [1.82, 2.24) is 5.32 Å². The molecule has 23 heavy (non-hydrogen) atoms. The molecule has 0 saturated carbocycles. The van der Waals surface area contributed by atoms with E-state index in [1.54, 1.807) is 0 Å². The lowest BCUT2D eigenvalue weighted by Gasteiger charge is -2.18. The highest BCUT2D eigenvalue weighted by molar-refractivity contribution is 5.91. The number of anilines is 1. The summed E-state index contributed by atoms with van der Waals surface area (Å²) in [6.45, 7) is 1.38. The maximum atomic E-state index is 11.8. The third-order valence-corrected chi connectivity index (χ3v) is 3.40. The molecule has 1 amide bonds. The maximum Gasteiger partial charge on any atom is 0.433 e. The molecule has 0 aliphatic rings. The summed E-state index contributed by atoms with van der Waals surface area (Å²) in [5.41, 5.74) is 1.15. The van der Waals surface area contributed by atoms with Crippen molar-refractivity contribution in [1.29, 1.82) is 0 Å². The fraction of sp³-hybridized carbons (Fsp3) is 0.312. The van der Waals surface area contributed by atoms with Crippen LogP contribution in [0.2, 0.25) is 0 Å². The number of carbonyl (C=O) groups is 1. The summed E-state index contributed by atoms with van der Waals surface area (Å²) in [6.07, 6.45) is 1.73. The van der Waals surface area contributed by atoms with E-state index in [1.807, 2.05) is 37.4 Å². The van der Waals surface area contributed by atoms with E-state index < -0.39 is 16.7 Å². The van der Waals surface area contributed by atoms with Crippen molar-refractivity contribution in [3.63, 3.8) is 0 Å². The van der Waals surface area contributed by atoms with Crippen molar-refractivity contribution < 1.29 is 14.1 Å². The molecule has 0 bridgehead atoms. The van der Waals surface area contributed by atoms with E-state index in [4.69, 9.17) is 4.42 Å². The molecule has 0 fully saturated rings. The molecule has 2 rings (SSSR count). The molecule has 0 radical (unpaired) electrons. The molecule has 7 heteroatoms. The van der Waals surface area contributed by atoms with Gasteiger partial charge in [-0.2, -0.15) is 0 Å². The predicted molar refractivity (Wildman–Crippen MR) is 86.6 cm³/mol. The largest absolute Gasteiger partial charge is 0.433 e. The Labute approximate surface area is 134 Å². The van der Waals surface area contributed by atoms with Crippen LogP contribution < -0.4 is 10.2 Å². The van der Waals surface area contributed by atoms with Crippen LogP contribution in [0, 0.1) is 10.1 Å². The number of benzene rings is 1. The quantitative estimate of drug-likeness (QED) is 0.459. The van der Waals surface area contributed by atoms with Crippen LogP contribution in [0.1, 0.15) is 23.4 Å². The number of nitrogens with one attached hydrogen (secondary N) is 1. The summed E-state index contributed by atoms with van der Waals surface area (Å²) in [4.78, 5) is 23.7. The number of nitrogens with zero attached hydrogens (tertiary/aromatic N) is 2. The summed E-state index contributed by atoms with van der Waals surface area (Å²) in [5.74, 6) is -0.910. The first-order valence-electron chi connectivity index (χ1n) is 7.36. The zero-order chi connectivity index (χ0) is 16.7. The lowest BCUT2D eigenvalue weighted by Crippen LogP contribution is -2.25. The molecule has 0 spiro atoms. The standard InChI is InChI=1S/C16H19N3O4/c1-18(13-7-3-2-4-8-13)12-6-5-11-17-16(20)14-9-10-15(23-14)19(21)22/h2-4,7-10H,5-6,11-12H2,1H3,(H,17,20). The molecule has 1 aromatic carbocycles. The van der Waals surface area contributed by atoms with Gasteiger partial charge in [0.1, 0.15) is 4.92 Å². The van der Waals surface area contributed by atoms with E-state index in [0.717, 1.165) is 25.1 Å². The van der Waals surface area contributed by atoms with Gasteiger partial charge >= 0.3 is 5.88 Å². The van der Waals surface area contributed by atoms with Gasteiger partial charge in [0.2, 0.25) is 0 Å². The molecule has 1 heterocycles. The number of para-hydroxylation sites is 1. The number of carbonyl (C=O) groups excluding carboxylic acids is 1. The second-order valence-electron chi connectivity index (χ2n) is 5.12. The number of rotatable bonds is 8. The lowest BCUT2D eigenvalue weighted by atomic mass is 10.2. The summed E-state index contributed by atoms with van der Waals surface area (Å²) in [5, 5.41) is 13.2. The van der Waals surface area contributed by atoms with Crippen LogP contribution >= 0.6 is 0 Å². The Morgan fingerprint density at radius 2 is 1.96 bits per heavy atom. The topological polar surface area (TPSA) is 88.6 Å². The molecule has 1 aromatic heterocycles. The van der Waals surface area contributed by atoms with Gasteiger partial charge in [-0.3, -0.25) is 14.9 Å². The molecule has 0 unspecified atom stereocenters. The summed E-state index contributed by atoms with van der Waals surface area (Å²) in [6, 6.07) is 12.5. The van der Waals surface area contributed by atoms with Crippen molar-refractivity contribution in [3.8, 4) is 0 Å². The van der Waals surface area contributed by atoms with E-state index in [9.17, 15) is 14.9 Å². The van der Waals surface area contributed by atoms with E-state index in [1.165, 1.54) is 12.1 Å². The smallest absolute Gasteiger partial charge is 0.395 e. The molecule has 0 atom stereocenters. The Morgan fingerprint density at radius 1 is 1.22 bits per heavy atom. The van der Waals surface area contributed by atoms with Crippen LogP contribution in [-0.4, -0.2) is 31.0 Å². The van der Waals surface area contributed by atoms with Crippen LogP contribution in [0.5, 0.6) is 0 Å². The van der Waals surface area contributed by atoms with E-state index in [-0.39, 0.29) is 5.76 Å². The normalized spacial score (nSPS) is 10.3. The molecule has 1 N–H and O–H groups in total. The molecule has 122 valence electrons. The molecular weight excluding hydrogens is 298 g/mol. The molecular formula is C16H19N3O4. The van der Waals surface area contributed by atoms with E-state index in [2.05, 4.69) is 10.2 Å². The summed E-state index contributed by atoms with van der Waals surface area (Å²) in [7, 11) is 2.02. The number of unbranched alkanes of at least 4 members (excludes halogenated alkanes) is 1. The molecule has 2 aromatic rings. The minimum Gasteiger partial charge on any atom is -0.395 e. The van der Waals surface area contributed by atoms with Gasteiger partial charge in [-0.1, -0.05) is 18.2 Å². The average Bonchev–Trinajstić information content (AvgIpc) is 3.05. The number of nitro groups is 1. The van der Waals surface area contributed by atoms with Gasteiger partial charge in [0, 0.05) is 25.8 Å². The SMILES string of the molecule is CN(CCCCNC(=O)c1ccc([N+](=O)[O-])o1)c1ccccc1. The Balaban J connectivity index is 1.67. The van der Waals surface area contributed by atoms with Crippen LogP contribution in [0.3, 0.4) is 0 Å². The van der Waals surface area contributed by atoms with E-state index >= 15 is 0 Å². The van der Waals surface area contributed by atoms with Crippen molar-refractivity contribution in [2.45, 2.75) is 12.8 Å². The Hall–Kier alpha value is -2.83. The summed E-state index contributed by atoms with van der Waals surface area (Å²) >= 11 is 0. The van der Waals surface area contributed by atoms with Gasteiger partial charge in [0.25, 0.3) is 5.91 Å². The third kappa shape index (κ3) is 4.84. The second-order valence-corrected chi connectivity index (χ2v) is 5.12. The molecule has 0 aliphatic carbocycles. The maximum absolute atomic E-state index is 11.8. The Kier molecular flexibility index (Phi) is 5.74. The van der Waals surface area contributed by atoms with Gasteiger partial charge in [0.05, 0.1) is 6.07 Å². The minimum absolute atomic E-state index is 0.0434. The number of hydrogen-bond donors (Lipinski definition) is 1. The number of hydrogen-bond acceptors (Lipinski definition) is 5. The van der Waals surface area contributed by atoms with Crippen LogP contribution in [-0.2, 0) is 0 Å². The van der Waals surface area contributed by atoms with Gasteiger partial charge in [0.15, 0.2) is 5.76 Å². The van der Waals surface area contributed by atoms with Crippen LogP contribution in [0.15, 0.2) is 46.9 Å². The third-order valence-electron chi connectivity index (χ3n) is 3.40. The molecule has 0 aliphatic heterocycles. The minimum atomic E-state index is -0.670. The first kappa shape index (κ1) is 16.5. The van der Waals surface area contributed by atoms with Crippen molar-refractivity contribution in [3.05, 3.63) is 58.3 Å². The highest BCUT2D eigenvalue weighted by atomic mass is 16.6. The molecule has 0 saturated heterocycles. The Bertz CT molecular complexity index is 654. The van der Waals surface area contributed by atoms with Gasteiger partial charge in [-0.05, 0) is 31.0 Å². The highest BCUT2D eigenvalue weighted by Crippen LogP contribution is 2.15. The van der Waals surface area contributed by atoms with Crippen LogP contribution in [0.4, 0.5) is 11.6 Å². The average molecular weight is 317 g/mol. The van der Waals surface area contributed by atoms with Gasteiger partial charge in [-0.15, -0.1) is 0 Å². The van der Waals surface area contributed by atoms with Gasteiger partial charge < -0.3 is 14.6 Å². The fourth-order valence-electron chi connectivity index (χ4n) is 2.12. The first-order chi connectivity index (χ1) is 11.1. The van der Waals surface area contributed by atoms with Crippen molar-refractivity contribution in [2.75, 3.05) is 25.0 Å². The zero-order valence-corrected chi connectivity index (χ0v) is 12.9. The lowest BCUT2D eigenvalue weighted by molar-refractivity contribution is -0.402. The first-order valence-corrected chi connectivity index (χ1v) is 7.36. The molecule has 7 nitrogen and oxygen atoms in total. The predicted octanol–water partition coefficient (Wildman–Crippen LogP) is 2.83. The van der Waals surface area contributed by atoms with E-state index in [0.29, 0.717) is 6.54 Å². The zero-order valence-electron chi connectivity index (χ0n) is 12.9. The Morgan fingerprint density at radius 3 is 2.61 bits per heavy atom. The second kappa shape index (κ2) is 7.98.